The molecule has 2 aromatic heterocycles. The molecule has 2 heterocycles. The summed E-state index contributed by atoms with van der Waals surface area (Å²) in [6, 6.07) is 9.85. The lowest BCUT2D eigenvalue weighted by Crippen LogP contribution is -1.90. The maximum atomic E-state index is 8.96. The molecule has 0 saturated heterocycles. The first-order chi connectivity index (χ1) is 7.40. The molecule has 1 aromatic carbocycles. The number of benzene rings is 1. The van der Waals surface area contributed by atoms with Crippen molar-refractivity contribution in [1.29, 1.82) is 5.26 Å². The molecule has 3 aromatic rings. The van der Waals surface area contributed by atoms with Crippen molar-refractivity contribution in [2.24, 2.45) is 0 Å². The summed E-state index contributed by atoms with van der Waals surface area (Å²) in [7, 11) is 0. The van der Waals surface area contributed by atoms with E-state index in [1.54, 1.807) is 17.0 Å². The monoisotopic (exact) mass is 194 g/mol. The van der Waals surface area contributed by atoms with Crippen LogP contribution in [0.2, 0.25) is 0 Å². The third kappa shape index (κ3) is 1.00. The van der Waals surface area contributed by atoms with Gasteiger partial charge in [-0.3, -0.25) is 0 Å². The van der Waals surface area contributed by atoms with Gasteiger partial charge in [-0.25, -0.2) is 9.50 Å². The maximum absolute atomic E-state index is 8.96. The quantitative estimate of drug-likeness (QED) is 0.547. The number of nitrogens with zero attached hydrogens (tertiary/aromatic N) is 4. The SMILES string of the molecule is N#Cc1cnn2cnc3ccccc3c12. The molecule has 0 unspecified atom stereocenters. The minimum absolute atomic E-state index is 0.577. The van der Waals surface area contributed by atoms with Crippen LogP contribution in [0.3, 0.4) is 0 Å². The normalized spacial score (nSPS) is 10.6. The van der Waals surface area contributed by atoms with Crippen LogP contribution in [0.15, 0.2) is 36.8 Å². The third-order valence-corrected chi connectivity index (χ3v) is 2.38. The zero-order valence-corrected chi connectivity index (χ0v) is 7.75. The summed E-state index contributed by atoms with van der Waals surface area (Å²) in [4.78, 5) is 4.25. The van der Waals surface area contributed by atoms with Crippen molar-refractivity contribution < 1.29 is 0 Å². The van der Waals surface area contributed by atoms with Gasteiger partial charge in [-0.2, -0.15) is 10.4 Å². The lowest BCUT2D eigenvalue weighted by molar-refractivity contribution is 0.934. The first kappa shape index (κ1) is 7.94. The Morgan fingerprint density at radius 2 is 2.13 bits per heavy atom. The first-order valence-corrected chi connectivity index (χ1v) is 4.51. The lowest BCUT2D eigenvalue weighted by atomic mass is 10.2. The van der Waals surface area contributed by atoms with E-state index in [1.165, 1.54) is 0 Å². The summed E-state index contributed by atoms with van der Waals surface area (Å²) in [5.41, 5.74) is 2.28. The van der Waals surface area contributed by atoms with E-state index in [1.807, 2.05) is 24.3 Å². The Hall–Kier alpha value is -2.41. The molecule has 0 aliphatic carbocycles. The molecule has 3 rings (SSSR count). The van der Waals surface area contributed by atoms with E-state index in [-0.39, 0.29) is 0 Å². The summed E-state index contributed by atoms with van der Waals surface area (Å²) in [5, 5.41) is 14.0. The Bertz CT molecular complexity index is 690. The minimum atomic E-state index is 0.577. The highest BCUT2D eigenvalue weighted by Gasteiger charge is 2.07. The molecular formula is C11H6N4. The lowest BCUT2D eigenvalue weighted by Gasteiger charge is -1.98. The molecule has 0 atom stereocenters. The van der Waals surface area contributed by atoms with Gasteiger partial charge in [-0.05, 0) is 6.07 Å². The molecule has 15 heavy (non-hydrogen) atoms. The van der Waals surface area contributed by atoms with Gasteiger partial charge in [0.05, 0.1) is 22.8 Å². The summed E-state index contributed by atoms with van der Waals surface area (Å²) in [6.45, 7) is 0. The van der Waals surface area contributed by atoms with Crippen LogP contribution in [0.25, 0.3) is 16.4 Å². The highest BCUT2D eigenvalue weighted by molar-refractivity contribution is 5.95. The van der Waals surface area contributed by atoms with Crippen LogP contribution in [-0.2, 0) is 0 Å². The van der Waals surface area contributed by atoms with Crippen molar-refractivity contribution in [3.8, 4) is 6.07 Å². The van der Waals surface area contributed by atoms with Gasteiger partial charge in [0.1, 0.15) is 12.4 Å². The largest absolute Gasteiger partial charge is 0.236 e. The molecule has 0 radical (unpaired) electrons. The highest BCUT2D eigenvalue weighted by Crippen LogP contribution is 2.19. The Balaban J connectivity index is 2.63. The van der Waals surface area contributed by atoms with Crippen LogP contribution < -0.4 is 0 Å². The molecule has 70 valence electrons. The van der Waals surface area contributed by atoms with Gasteiger partial charge >= 0.3 is 0 Å². The average Bonchev–Trinajstić information content (AvgIpc) is 2.72. The second-order valence-corrected chi connectivity index (χ2v) is 3.22. The van der Waals surface area contributed by atoms with Gasteiger partial charge in [0.15, 0.2) is 0 Å². The van der Waals surface area contributed by atoms with E-state index in [4.69, 9.17) is 5.26 Å². The van der Waals surface area contributed by atoms with Crippen LogP contribution in [0.1, 0.15) is 5.56 Å². The molecule has 4 heteroatoms. The fourth-order valence-electron chi connectivity index (χ4n) is 1.70. The van der Waals surface area contributed by atoms with Crippen molar-refractivity contribution in [1.82, 2.24) is 14.6 Å². The standard InChI is InChI=1S/C11H6N4/c12-5-8-6-14-15-7-13-10-4-2-1-3-9(10)11(8)15/h1-4,6-7H. The summed E-state index contributed by atoms with van der Waals surface area (Å²) >= 11 is 0. The second-order valence-electron chi connectivity index (χ2n) is 3.22. The second kappa shape index (κ2) is 2.79. The Labute approximate surface area is 85.4 Å². The highest BCUT2D eigenvalue weighted by atomic mass is 15.2. The van der Waals surface area contributed by atoms with E-state index in [2.05, 4.69) is 16.2 Å². The van der Waals surface area contributed by atoms with Gasteiger partial charge < -0.3 is 0 Å². The number of aromatic nitrogens is 3. The number of hydrogen-bond donors (Lipinski definition) is 0. The maximum Gasteiger partial charge on any atom is 0.118 e. The molecule has 0 bridgehead atoms. The first-order valence-electron chi connectivity index (χ1n) is 4.51. The third-order valence-electron chi connectivity index (χ3n) is 2.38. The fourth-order valence-corrected chi connectivity index (χ4v) is 1.70. The Morgan fingerprint density at radius 1 is 1.27 bits per heavy atom. The fraction of sp³-hybridized carbons (Fsp3) is 0. The van der Waals surface area contributed by atoms with Crippen LogP contribution in [0.5, 0.6) is 0 Å². The van der Waals surface area contributed by atoms with E-state index in [0.29, 0.717) is 5.56 Å². The molecule has 0 amide bonds. The zero-order valence-electron chi connectivity index (χ0n) is 7.75. The number of nitriles is 1. The summed E-state index contributed by atoms with van der Waals surface area (Å²) < 4.78 is 1.63. The van der Waals surface area contributed by atoms with Crippen LogP contribution in [0.4, 0.5) is 0 Å². The predicted octanol–water partition coefficient (Wildman–Crippen LogP) is 1.75. The van der Waals surface area contributed by atoms with E-state index in [0.717, 1.165) is 16.4 Å². The van der Waals surface area contributed by atoms with E-state index >= 15 is 0 Å². The molecule has 0 spiro atoms. The van der Waals surface area contributed by atoms with Crippen LogP contribution in [-0.4, -0.2) is 14.6 Å². The number of fused-ring (bicyclic) bond motifs is 3. The van der Waals surface area contributed by atoms with Crippen molar-refractivity contribution in [3.63, 3.8) is 0 Å². The number of para-hydroxylation sites is 1. The van der Waals surface area contributed by atoms with Gasteiger partial charge in [0, 0.05) is 5.39 Å². The molecule has 0 aliphatic rings. The van der Waals surface area contributed by atoms with Gasteiger partial charge in [-0.1, -0.05) is 18.2 Å². The molecule has 0 N–H and O–H groups in total. The number of hydrogen-bond acceptors (Lipinski definition) is 3. The minimum Gasteiger partial charge on any atom is -0.236 e. The summed E-state index contributed by atoms with van der Waals surface area (Å²) in [6.07, 6.45) is 3.18. The van der Waals surface area contributed by atoms with Crippen LogP contribution >= 0.6 is 0 Å². The Kier molecular flexibility index (Phi) is 1.48. The van der Waals surface area contributed by atoms with Gasteiger partial charge in [0.2, 0.25) is 0 Å². The number of rotatable bonds is 0. The van der Waals surface area contributed by atoms with E-state index in [9.17, 15) is 0 Å². The smallest absolute Gasteiger partial charge is 0.118 e. The van der Waals surface area contributed by atoms with Gasteiger partial charge in [0.25, 0.3) is 0 Å². The topological polar surface area (TPSA) is 54.0 Å². The van der Waals surface area contributed by atoms with Gasteiger partial charge in [-0.15, -0.1) is 0 Å². The zero-order chi connectivity index (χ0) is 10.3. The van der Waals surface area contributed by atoms with Crippen LogP contribution in [0, 0.1) is 11.3 Å². The Morgan fingerprint density at radius 3 is 3.00 bits per heavy atom. The molecule has 0 saturated carbocycles. The molecule has 0 aliphatic heterocycles. The van der Waals surface area contributed by atoms with Crippen molar-refractivity contribution in [2.45, 2.75) is 0 Å². The molecular weight excluding hydrogens is 188 g/mol. The summed E-state index contributed by atoms with van der Waals surface area (Å²) in [5.74, 6) is 0. The van der Waals surface area contributed by atoms with Crippen molar-refractivity contribution >= 4 is 16.4 Å². The average molecular weight is 194 g/mol. The molecule has 4 nitrogen and oxygen atoms in total. The van der Waals surface area contributed by atoms with Crippen molar-refractivity contribution in [2.75, 3.05) is 0 Å². The van der Waals surface area contributed by atoms with E-state index < -0.39 is 0 Å². The molecule has 0 fully saturated rings. The predicted molar refractivity (Wildman–Crippen MR) is 55.2 cm³/mol. The van der Waals surface area contributed by atoms with Crippen molar-refractivity contribution in [3.05, 3.63) is 42.4 Å².